The van der Waals surface area contributed by atoms with Gasteiger partial charge in [-0.2, -0.15) is 0 Å². The van der Waals surface area contributed by atoms with Gasteiger partial charge < -0.3 is 10.6 Å². The van der Waals surface area contributed by atoms with Gasteiger partial charge in [0.05, 0.1) is 10.9 Å². The Morgan fingerprint density at radius 3 is 2.17 bits per heavy atom. The first-order valence-corrected chi connectivity index (χ1v) is 7.24. The van der Waals surface area contributed by atoms with Crippen molar-refractivity contribution in [3.63, 3.8) is 0 Å². The fraction of sp³-hybridized carbons (Fsp3) is 0.846. The monoisotopic (exact) mass is 271 g/mol. The van der Waals surface area contributed by atoms with E-state index in [1.54, 1.807) is 0 Å². The molecule has 104 valence electrons. The van der Waals surface area contributed by atoms with Crippen molar-refractivity contribution in [2.24, 2.45) is 11.7 Å². The molecule has 1 fully saturated rings. The van der Waals surface area contributed by atoms with E-state index in [0.717, 1.165) is 32.6 Å². The number of rotatable bonds is 5. The van der Waals surface area contributed by atoms with Crippen LogP contribution in [-0.2, 0) is 4.79 Å². The predicted octanol–water partition coefficient (Wildman–Crippen LogP) is 1.24. The summed E-state index contributed by atoms with van der Waals surface area (Å²) in [4.78, 5) is 16.9. The average molecular weight is 271 g/mol. The molecule has 0 bridgehead atoms. The minimum atomic E-state index is -0.282. The first-order chi connectivity index (χ1) is 8.51. The second-order valence-corrected chi connectivity index (χ2v) is 5.45. The zero-order valence-corrected chi connectivity index (χ0v) is 12.5. The van der Waals surface area contributed by atoms with Crippen molar-refractivity contribution in [3.8, 4) is 0 Å². The summed E-state index contributed by atoms with van der Waals surface area (Å²) < 4.78 is 0. The summed E-state index contributed by atoms with van der Waals surface area (Å²) >= 11 is 4.97. The number of thiocarbonyl (C=S) groups is 1. The van der Waals surface area contributed by atoms with Crippen LogP contribution in [0.15, 0.2) is 0 Å². The molecule has 4 nitrogen and oxygen atoms in total. The topological polar surface area (TPSA) is 49.6 Å². The van der Waals surface area contributed by atoms with Crippen LogP contribution in [0.1, 0.15) is 33.6 Å². The van der Waals surface area contributed by atoms with Crippen molar-refractivity contribution in [2.75, 3.05) is 26.2 Å². The number of nitrogens with zero attached hydrogens (tertiary/aromatic N) is 2. The Labute approximate surface area is 115 Å². The summed E-state index contributed by atoms with van der Waals surface area (Å²) in [6.45, 7) is 9.88. The summed E-state index contributed by atoms with van der Waals surface area (Å²) in [5, 5.41) is 0. The molecule has 0 saturated carbocycles. The van der Waals surface area contributed by atoms with Crippen LogP contribution >= 0.6 is 12.2 Å². The number of amides is 1. The van der Waals surface area contributed by atoms with Crippen LogP contribution in [0.3, 0.4) is 0 Å². The molecule has 1 rings (SSSR count). The maximum absolute atomic E-state index is 12.3. The smallest absolute Gasteiger partial charge is 0.232 e. The van der Waals surface area contributed by atoms with Crippen molar-refractivity contribution in [1.29, 1.82) is 0 Å². The highest BCUT2D eigenvalue weighted by Crippen LogP contribution is 2.13. The molecule has 0 spiro atoms. The lowest BCUT2D eigenvalue weighted by atomic mass is 10.0. The Balaban J connectivity index is 2.52. The van der Waals surface area contributed by atoms with E-state index in [1.807, 2.05) is 11.8 Å². The highest BCUT2D eigenvalue weighted by atomic mass is 32.1. The molecule has 0 aromatic rings. The molecule has 2 atom stereocenters. The van der Waals surface area contributed by atoms with E-state index in [-0.39, 0.29) is 11.8 Å². The fourth-order valence-corrected chi connectivity index (χ4v) is 2.63. The third-order valence-corrected chi connectivity index (χ3v) is 4.17. The number of hydrogen-bond acceptors (Lipinski definition) is 3. The molecule has 0 aliphatic carbocycles. The first kappa shape index (κ1) is 15.4. The molecule has 1 aliphatic heterocycles. The highest BCUT2D eigenvalue weighted by molar-refractivity contribution is 7.80. The molecule has 1 amide bonds. The predicted molar refractivity (Wildman–Crippen MR) is 78.5 cm³/mol. The van der Waals surface area contributed by atoms with Gasteiger partial charge in [-0.05, 0) is 19.8 Å². The quantitative estimate of drug-likeness (QED) is 0.764. The summed E-state index contributed by atoms with van der Waals surface area (Å²) in [5.74, 6) is -0.177. The van der Waals surface area contributed by atoms with Crippen molar-refractivity contribution < 1.29 is 4.79 Å². The van der Waals surface area contributed by atoms with Crippen molar-refractivity contribution in [2.45, 2.75) is 39.7 Å². The van der Waals surface area contributed by atoms with E-state index < -0.39 is 0 Å². The second-order valence-electron chi connectivity index (χ2n) is 4.98. The molecule has 5 heteroatoms. The van der Waals surface area contributed by atoms with E-state index in [0.29, 0.717) is 17.5 Å². The van der Waals surface area contributed by atoms with E-state index in [1.165, 1.54) is 0 Å². The van der Waals surface area contributed by atoms with Crippen LogP contribution in [0.4, 0.5) is 0 Å². The zero-order chi connectivity index (χ0) is 13.7. The maximum Gasteiger partial charge on any atom is 0.232 e. The third-order valence-electron chi connectivity index (χ3n) is 3.89. The molecule has 1 saturated heterocycles. The lowest BCUT2D eigenvalue weighted by Crippen LogP contribution is -2.53. The van der Waals surface area contributed by atoms with Crippen LogP contribution < -0.4 is 5.73 Å². The second kappa shape index (κ2) is 7.04. The molecule has 1 heterocycles. The van der Waals surface area contributed by atoms with Gasteiger partial charge in [0.1, 0.15) is 0 Å². The number of hydrogen-bond donors (Lipinski definition) is 1. The van der Waals surface area contributed by atoms with E-state index in [4.69, 9.17) is 18.0 Å². The minimum Gasteiger partial charge on any atom is -0.393 e. The van der Waals surface area contributed by atoms with Gasteiger partial charge in [-0.15, -0.1) is 0 Å². The highest BCUT2D eigenvalue weighted by Gasteiger charge is 2.28. The molecule has 2 N–H and O–H groups in total. The van der Waals surface area contributed by atoms with Crippen LogP contribution in [0, 0.1) is 5.92 Å². The Morgan fingerprint density at radius 2 is 1.78 bits per heavy atom. The molecule has 1 aliphatic rings. The van der Waals surface area contributed by atoms with Crippen LogP contribution in [0.5, 0.6) is 0 Å². The SMILES string of the molecule is CCC(C(=O)N1CCN(C(C)CC)CC1)C(N)=S. The average Bonchev–Trinajstić information content (AvgIpc) is 2.38. The standard InChI is InChI=1S/C13H25N3OS/c1-4-10(3)15-6-8-16(9-7-15)13(17)11(5-2)12(14)18/h10-11H,4-9H2,1-3H3,(H2,14,18). The number of carbonyl (C=O) groups is 1. The molecule has 2 unspecified atom stereocenters. The Bertz CT molecular complexity index is 301. The summed E-state index contributed by atoms with van der Waals surface area (Å²) in [6.07, 6.45) is 1.85. The van der Waals surface area contributed by atoms with Crippen molar-refractivity contribution in [1.82, 2.24) is 9.80 Å². The largest absolute Gasteiger partial charge is 0.393 e. The lowest BCUT2D eigenvalue weighted by molar-refractivity contribution is -0.135. The molecule has 18 heavy (non-hydrogen) atoms. The normalized spacial score (nSPS) is 20.5. The molecular weight excluding hydrogens is 246 g/mol. The number of nitrogens with two attached hydrogens (primary N) is 1. The van der Waals surface area contributed by atoms with E-state index in [2.05, 4.69) is 18.7 Å². The molecule has 0 radical (unpaired) electrons. The van der Waals surface area contributed by atoms with Gasteiger partial charge in [-0.25, -0.2) is 0 Å². The summed E-state index contributed by atoms with van der Waals surface area (Å²) in [5.41, 5.74) is 5.63. The van der Waals surface area contributed by atoms with Gasteiger partial charge in [0.2, 0.25) is 5.91 Å². The molecular formula is C13H25N3OS. The first-order valence-electron chi connectivity index (χ1n) is 6.83. The zero-order valence-electron chi connectivity index (χ0n) is 11.7. The van der Waals surface area contributed by atoms with Gasteiger partial charge in [-0.1, -0.05) is 26.1 Å². The Morgan fingerprint density at radius 1 is 1.22 bits per heavy atom. The van der Waals surface area contributed by atoms with Gasteiger partial charge >= 0.3 is 0 Å². The van der Waals surface area contributed by atoms with Crippen LogP contribution in [0.25, 0.3) is 0 Å². The number of piperazine rings is 1. The molecule has 0 aromatic heterocycles. The minimum absolute atomic E-state index is 0.105. The maximum atomic E-state index is 12.3. The summed E-state index contributed by atoms with van der Waals surface area (Å²) in [7, 11) is 0. The summed E-state index contributed by atoms with van der Waals surface area (Å²) in [6, 6.07) is 0.597. The van der Waals surface area contributed by atoms with Crippen LogP contribution in [-0.4, -0.2) is 52.9 Å². The van der Waals surface area contributed by atoms with Crippen LogP contribution in [0.2, 0.25) is 0 Å². The van der Waals surface area contributed by atoms with Gasteiger partial charge in [-0.3, -0.25) is 9.69 Å². The fourth-order valence-electron chi connectivity index (χ4n) is 2.36. The Kier molecular flexibility index (Phi) is 6.02. The van der Waals surface area contributed by atoms with Crippen molar-refractivity contribution in [3.05, 3.63) is 0 Å². The molecule has 0 aromatic carbocycles. The lowest BCUT2D eigenvalue weighted by Gasteiger charge is -2.38. The van der Waals surface area contributed by atoms with E-state index >= 15 is 0 Å². The third kappa shape index (κ3) is 3.65. The number of carbonyl (C=O) groups excluding carboxylic acids is 1. The van der Waals surface area contributed by atoms with E-state index in [9.17, 15) is 4.79 Å². The van der Waals surface area contributed by atoms with Gasteiger partial charge in [0, 0.05) is 32.2 Å². The Hall–Kier alpha value is -0.680. The van der Waals surface area contributed by atoms with Crippen molar-refractivity contribution >= 4 is 23.1 Å². The van der Waals surface area contributed by atoms with Gasteiger partial charge in [0.25, 0.3) is 0 Å². The van der Waals surface area contributed by atoms with Gasteiger partial charge in [0.15, 0.2) is 0 Å².